The number of hydrogen-bond donors (Lipinski definition) is 4. The normalized spacial score (nSPS) is 19.2. The van der Waals surface area contributed by atoms with Gasteiger partial charge in [0.1, 0.15) is 36.1 Å². The molecule has 3 heterocycles. The van der Waals surface area contributed by atoms with Crippen molar-refractivity contribution in [1.82, 2.24) is 15.7 Å². The number of esters is 1. The topological polar surface area (TPSA) is 196 Å². The summed E-state index contributed by atoms with van der Waals surface area (Å²) in [6.45, 7) is 3.65. The second-order valence-electron chi connectivity index (χ2n) is 17.0. The smallest absolute Gasteiger partial charge is 0.338 e. The summed E-state index contributed by atoms with van der Waals surface area (Å²) in [4.78, 5) is 44.2. The van der Waals surface area contributed by atoms with Crippen LogP contribution >= 0.6 is 0 Å². The lowest BCUT2D eigenvalue weighted by molar-refractivity contribution is -0.497. The fourth-order valence-electron chi connectivity index (χ4n) is 9.01. The molecule has 4 atom stereocenters. The minimum Gasteiger partial charge on any atom is -0.490 e. The molecule has 366 valence electrons. The average molecular weight is 954 g/mol. The summed E-state index contributed by atoms with van der Waals surface area (Å²) in [6.07, 6.45) is -0.283. The summed E-state index contributed by atoms with van der Waals surface area (Å²) in [7, 11) is 1.68. The first-order valence-electron chi connectivity index (χ1n) is 22.7. The second kappa shape index (κ2) is 23.4. The highest BCUT2D eigenvalue weighted by molar-refractivity contribution is 5.94. The van der Waals surface area contributed by atoms with Crippen LogP contribution in [0.15, 0.2) is 115 Å². The molecule has 2 saturated heterocycles. The minimum atomic E-state index is -0.969. The molecule has 0 spiro atoms. The molecular formula is C50H56FN5O13. The molecule has 0 saturated carbocycles. The molecule has 0 bridgehead atoms. The molecule has 69 heavy (non-hydrogen) atoms. The van der Waals surface area contributed by atoms with Gasteiger partial charge in [-0.05, 0) is 95.4 Å². The Balaban J connectivity index is 1.10. The number of carbonyl (C=O) groups is 2. The van der Waals surface area contributed by atoms with Gasteiger partial charge in [-0.1, -0.05) is 48.5 Å². The lowest BCUT2D eigenvalue weighted by Crippen LogP contribution is -2.55. The highest BCUT2D eigenvalue weighted by Gasteiger charge is 2.43. The van der Waals surface area contributed by atoms with Crippen molar-refractivity contribution >= 4 is 23.3 Å². The van der Waals surface area contributed by atoms with Crippen LogP contribution in [-0.4, -0.2) is 126 Å². The van der Waals surface area contributed by atoms with Gasteiger partial charge in [-0.25, -0.2) is 18.9 Å². The maximum atomic E-state index is 14.5. The van der Waals surface area contributed by atoms with Gasteiger partial charge in [-0.3, -0.25) is 25.6 Å². The van der Waals surface area contributed by atoms with E-state index in [4.69, 9.17) is 54.2 Å². The Bertz CT molecular complexity index is 2500. The van der Waals surface area contributed by atoms with E-state index in [2.05, 4.69) is 9.80 Å². The number of halogens is 1. The first-order valence-corrected chi connectivity index (χ1v) is 22.7. The van der Waals surface area contributed by atoms with Gasteiger partial charge in [0.25, 0.3) is 5.91 Å². The highest BCUT2D eigenvalue weighted by atomic mass is 19.1. The zero-order valence-corrected chi connectivity index (χ0v) is 38.0. The molecule has 4 unspecified atom stereocenters. The molecule has 5 aromatic rings. The van der Waals surface area contributed by atoms with Crippen LogP contribution in [-0.2, 0) is 43.7 Å². The van der Waals surface area contributed by atoms with E-state index >= 15 is 0 Å². The Morgan fingerprint density at radius 2 is 1.45 bits per heavy atom. The molecule has 5 aromatic carbocycles. The predicted molar refractivity (Wildman–Crippen MR) is 244 cm³/mol. The lowest BCUT2D eigenvalue weighted by atomic mass is 9.84. The standard InChI is InChI=1S/C50H56FN5O13/c1-63-22-5-19-52-21-23-64-45-17-12-36(26-44(45)52)31-65-46-29-54(49(57)38-8-2-6-34(24-38)32-66-55(59)60)30-47(69-50(58)39-9-3-7-35(25-39)33-67-56(61)62)48(46)37-13-15-42(16-14-37)68-43-18-20-53(28-43)41-11-4-10-40(51)27-41/h2-4,6-17,24-27,43,46-48,59-62H,5,18-23,28-33H2,1H3. The fraction of sp³-hybridized carbons (Fsp3) is 0.360. The zero-order valence-electron chi connectivity index (χ0n) is 38.0. The number of amides is 1. The highest BCUT2D eigenvalue weighted by Crippen LogP contribution is 2.38. The Labute approximate surface area is 398 Å². The number of ether oxygens (including phenoxy) is 5. The number of anilines is 2. The number of rotatable bonds is 20. The van der Waals surface area contributed by atoms with Crippen molar-refractivity contribution in [3.63, 3.8) is 0 Å². The molecule has 3 aliphatic heterocycles. The van der Waals surface area contributed by atoms with E-state index < -0.39 is 40.8 Å². The van der Waals surface area contributed by atoms with E-state index in [-0.39, 0.29) is 56.0 Å². The number of nitrogens with zero attached hydrogens (tertiary/aromatic N) is 5. The molecule has 2 fully saturated rings. The number of likely N-dealkylation sites (tertiary alicyclic amines) is 1. The van der Waals surface area contributed by atoms with Crippen LogP contribution in [0.5, 0.6) is 11.5 Å². The molecule has 18 nitrogen and oxygen atoms in total. The summed E-state index contributed by atoms with van der Waals surface area (Å²) in [5.74, 6) is -0.622. The van der Waals surface area contributed by atoms with Gasteiger partial charge in [0.2, 0.25) is 0 Å². The van der Waals surface area contributed by atoms with Crippen LogP contribution in [0.4, 0.5) is 15.8 Å². The fourth-order valence-corrected chi connectivity index (χ4v) is 9.01. The quantitative estimate of drug-likeness (QED) is 0.0361. The molecule has 1 amide bonds. The third kappa shape index (κ3) is 13.1. The molecule has 8 rings (SSSR count). The Morgan fingerprint density at radius 1 is 0.754 bits per heavy atom. The van der Waals surface area contributed by atoms with E-state index in [0.717, 1.165) is 47.6 Å². The number of piperidine rings is 1. The Hall–Kier alpha value is -6.23. The molecule has 0 aromatic heterocycles. The monoisotopic (exact) mass is 953 g/mol. The van der Waals surface area contributed by atoms with E-state index in [9.17, 15) is 14.0 Å². The van der Waals surface area contributed by atoms with Crippen LogP contribution in [0.3, 0.4) is 0 Å². The molecule has 4 N–H and O–H groups in total. The van der Waals surface area contributed by atoms with Crippen LogP contribution in [0.2, 0.25) is 0 Å². The first-order chi connectivity index (χ1) is 33.5. The molecule has 0 aliphatic carbocycles. The lowest BCUT2D eigenvalue weighted by Gasteiger charge is -2.43. The minimum absolute atomic E-state index is 0.0352. The summed E-state index contributed by atoms with van der Waals surface area (Å²) in [5.41, 5.74) is 4.73. The SMILES string of the molecule is COCCCN1CCOc2ccc(COC3CN(C(=O)c4cccc(CON(O)O)c4)CC(OC(=O)c4cccc(CON(O)O)c4)C3c3ccc(OC4CCN(c5cccc(F)c5)C4)cc3)cc21. The van der Waals surface area contributed by atoms with Gasteiger partial charge in [0.05, 0.1) is 73.5 Å². The molecular weight excluding hydrogens is 898 g/mol. The summed E-state index contributed by atoms with van der Waals surface area (Å²) >= 11 is 0. The van der Waals surface area contributed by atoms with Crippen molar-refractivity contribution in [2.45, 2.75) is 56.9 Å². The van der Waals surface area contributed by atoms with Gasteiger partial charge >= 0.3 is 5.97 Å². The van der Waals surface area contributed by atoms with Crippen molar-refractivity contribution in [2.24, 2.45) is 0 Å². The zero-order chi connectivity index (χ0) is 48.3. The third-order valence-electron chi connectivity index (χ3n) is 12.3. The van der Waals surface area contributed by atoms with Gasteiger partial charge in [-0.2, -0.15) is 0 Å². The number of methoxy groups -OCH3 is 1. The van der Waals surface area contributed by atoms with Crippen molar-refractivity contribution in [3.8, 4) is 11.5 Å². The second-order valence-corrected chi connectivity index (χ2v) is 17.0. The largest absolute Gasteiger partial charge is 0.490 e. The van der Waals surface area contributed by atoms with Crippen molar-refractivity contribution < 1.29 is 68.2 Å². The summed E-state index contributed by atoms with van der Waals surface area (Å²) in [6, 6.07) is 32.8. The van der Waals surface area contributed by atoms with Crippen LogP contribution in [0.1, 0.15) is 61.7 Å². The van der Waals surface area contributed by atoms with Gasteiger partial charge < -0.3 is 38.4 Å². The molecule has 3 aliphatic rings. The van der Waals surface area contributed by atoms with Crippen molar-refractivity contribution in [3.05, 3.63) is 154 Å². The van der Waals surface area contributed by atoms with E-state index in [1.807, 2.05) is 48.5 Å². The van der Waals surface area contributed by atoms with Crippen molar-refractivity contribution in [2.75, 3.05) is 69.4 Å². The summed E-state index contributed by atoms with van der Waals surface area (Å²) in [5, 5.41) is 35.7. The van der Waals surface area contributed by atoms with Crippen LogP contribution in [0.25, 0.3) is 0 Å². The van der Waals surface area contributed by atoms with Crippen molar-refractivity contribution in [1.29, 1.82) is 0 Å². The molecule has 19 heteroatoms. The van der Waals surface area contributed by atoms with Crippen LogP contribution in [0, 0.1) is 5.82 Å². The van der Waals surface area contributed by atoms with Gasteiger partial charge in [0.15, 0.2) is 0 Å². The van der Waals surface area contributed by atoms with E-state index in [0.29, 0.717) is 49.7 Å². The average Bonchev–Trinajstić information content (AvgIpc) is 3.83. The number of carbonyl (C=O) groups excluding carboxylic acids is 2. The number of benzene rings is 5. The van der Waals surface area contributed by atoms with Gasteiger partial charge in [0, 0.05) is 51.0 Å². The Kier molecular flexibility index (Phi) is 16.7. The van der Waals surface area contributed by atoms with Gasteiger partial charge in [-0.15, -0.1) is 0 Å². The maximum absolute atomic E-state index is 14.5. The summed E-state index contributed by atoms with van der Waals surface area (Å²) < 4.78 is 45.1. The Morgan fingerprint density at radius 3 is 2.17 bits per heavy atom. The predicted octanol–water partition coefficient (Wildman–Crippen LogP) is 6.79. The van der Waals surface area contributed by atoms with E-state index in [1.54, 1.807) is 60.5 Å². The maximum Gasteiger partial charge on any atom is 0.338 e. The third-order valence-corrected chi connectivity index (χ3v) is 12.3. The number of fused-ring (bicyclic) bond motifs is 1. The molecule has 0 radical (unpaired) electrons. The first kappa shape index (κ1) is 49.2. The van der Waals surface area contributed by atoms with Crippen LogP contribution < -0.4 is 19.3 Å². The van der Waals surface area contributed by atoms with E-state index in [1.165, 1.54) is 18.2 Å². The number of hydrogen-bond acceptors (Lipinski definition) is 17.